The van der Waals surface area contributed by atoms with E-state index in [-0.39, 0.29) is 5.91 Å². The van der Waals surface area contributed by atoms with Crippen LogP contribution in [0.15, 0.2) is 67.0 Å². The summed E-state index contributed by atoms with van der Waals surface area (Å²) in [6.45, 7) is 1.70. The third-order valence-corrected chi connectivity index (χ3v) is 4.37. The van der Waals surface area contributed by atoms with Crippen molar-refractivity contribution in [1.82, 2.24) is 15.1 Å². The van der Waals surface area contributed by atoms with Crippen molar-refractivity contribution in [3.63, 3.8) is 0 Å². The number of nitrogens with zero attached hydrogens (tertiary/aromatic N) is 2. The maximum atomic E-state index is 12.0. The van der Waals surface area contributed by atoms with Crippen LogP contribution in [0, 0.1) is 0 Å². The van der Waals surface area contributed by atoms with E-state index in [4.69, 9.17) is 9.47 Å². The predicted octanol–water partition coefficient (Wildman–Crippen LogP) is 3.02. The first kappa shape index (κ1) is 17.9. The van der Waals surface area contributed by atoms with Gasteiger partial charge in [-0.2, -0.15) is 5.10 Å². The highest BCUT2D eigenvalue weighted by molar-refractivity contribution is 5.91. The number of hydrogen-bond donors (Lipinski definition) is 1. The van der Waals surface area contributed by atoms with Gasteiger partial charge in [0.05, 0.1) is 11.9 Å². The Hall–Kier alpha value is -3.54. The fourth-order valence-corrected chi connectivity index (χ4v) is 2.95. The standard InChI is InChI=1S/C22H21N3O3/c26-22(9-7-18-15-24-25(16-18)19-4-2-1-3-5-19)23-11-10-17-6-8-20-21(14-17)28-13-12-27-20/h1-9,14-16H,10-13H2,(H,23,26)/b9-7+. The molecule has 1 aliphatic heterocycles. The number of amides is 1. The molecular weight excluding hydrogens is 354 g/mol. The molecule has 0 saturated carbocycles. The van der Waals surface area contributed by atoms with E-state index in [1.807, 2.05) is 54.7 Å². The zero-order chi connectivity index (χ0) is 19.2. The van der Waals surface area contributed by atoms with Crippen LogP contribution in [-0.4, -0.2) is 35.4 Å². The van der Waals surface area contributed by atoms with Gasteiger partial charge in [0.1, 0.15) is 13.2 Å². The van der Waals surface area contributed by atoms with Crippen LogP contribution in [0.4, 0.5) is 0 Å². The van der Waals surface area contributed by atoms with E-state index in [0.717, 1.165) is 34.7 Å². The number of hydrogen-bond acceptors (Lipinski definition) is 4. The van der Waals surface area contributed by atoms with Crippen LogP contribution in [0.5, 0.6) is 11.5 Å². The van der Waals surface area contributed by atoms with Crippen LogP contribution in [0.2, 0.25) is 0 Å². The molecule has 142 valence electrons. The number of carbonyl (C=O) groups is 1. The molecule has 0 saturated heterocycles. The summed E-state index contributed by atoms with van der Waals surface area (Å²) in [6.07, 6.45) is 7.62. The highest BCUT2D eigenvalue weighted by Gasteiger charge is 2.11. The van der Waals surface area contributed by atoms with Gasteiger partial charge in [-0.05, 0) is 42.3 Å². The van der Waals surface area contributed by atoms with E-state index in [1.54, 1.807) is 17.0 Å². The highest BCUT2D eigenvalue weighted by Crippen LogP contribution is 2.30. The Labute approximate surface area is 163 Å². The van der Waals surface area contributed by atoms with Gasteiger partial charge in [0.25, 0.3) is 0 Å². The van der Waals surface area contributed by atoms with Crippen molar-refractivity contribution in [2.45, 2.75) is 6.42 Å². The second-order valence-corrected chi connectivity index (χ2v) is 6.41. The summed E-state index contributed by atoms with van der Waals surface area (Å²) in [4.78, 5) is 12.0. The first-order chi connectivity index (χ1) is 13.8. The molecule has 0 bridgehead atoms. The summed E-state index contributed by atoms with van der Waals surface area (Å²) in [6, 6.07) is 15.7. The lowest BCUT2D eigenvalue weighted by Crippen LogP contribution is -2.23. The molecule has 0 atom stereocenters. The van der Waals surface area contributed by atoms with Gasteiger partial charge in [-0.15, -0.1) is 0 Å². The number of benzene rings is 2. The minimum absolute atomic E-state index is 0.134. The van der Waals surface area contributed by atoms with Gasteiger partial charge >= 0.3 is 0 Å². The topological polar surface area (TPSA) is 65.4 Å². The maximum Gasteiger partial charge on any atom is 0.244 e. The Morgan fingerprint density at radius 3 is 2.79 bits per heavy atom. The summed E-state index contributed by atoms with van der Waals surface area (Å²) in [7, 11) is 0. The number of nitrogens with one attached hydrogen (secondary N) is 1. The maximum absolute atomic E-state index is 12.0. The van der Waals surface area contributed by atoms with Gasteiger partial charge in [-0.1, -0.05) is 24.3 Å². The molecule has 0 spiro atoms. The second kappa shape index (κ2) is 8.43. The number of rotatable bonds is 6. The molecule has 2 aromatic carbocycles. The summed E-state index contributed by atoms with van der Waals surface area (Å²) < 4.78 is 12.9. The molecule has 6 nitrogen and oxygen atoms in total. The fraction of sp³-hybridized carbons (Fsp3) is 0.182. The van der Waals surface area contributed by atoms with Crippen molar-refractivity contribution in [2.75, 3.05) is 19.8 Å². The molecule has 28 heavy (non-hydrogen) atoms. The summed E-state index contributed by atoms with van der Waals surface area (Å²) in [5, 5.41) is 7.21. The molecule has 0 unspecified atom stereocenters. The van der Waals surface area contributed by atoms with Crippen molar-refractivity contribution in [1.29, 1.82) is 0 Å². The SMILES string of the molecule is O=C(/C=C/c1cnn(-c2ccccc2)c1)NCCc1ccc2c(c1)OCCO2. The molecule has 4 rings (SSSR count). The average molecular weight is 375 g/mol. The van der Waals surface area contributed by atoms with Crippen molar-refractivity contribution >= 4 is 12.0 Å². The Bertz CT molecular complexity index is 980. The summed E-state index contributed by atoms with van der Waals surface area (Å²) >= 11 is 0. The minimum Gasteiger partial charge on any atom is -0.486 e. The number of para-hydroxylation sites is 1. The van der Waals surface area contributed by atoms with E-state index in [1.165, 1.54) is 6.08 Å². The molecule has 0 radical (unpaired) electrons. The third kappa shape index (κ3) is 4.40. The smallest absolute Gasteiger partial charge is 0.244 e. The van der Waals surface area contributed by atoms with E-state index >= 15 is 0 Å². The number of fused-ring (bicyclic) bond motifs is 1. The van der Waals surface area contributed by atoms with Crippen LogP contribution in [0.3, 0.4) is 0 Å². The molecular formula is C22H21N3O3. The predicted molar refractivity (Wildman–Crippen MR) is 107 cm³/mol. The lowest BCUT2D eigenvalue weighted by Gasteiger charge is -2.18. The Morgan fingerprint density at radius 2 is 1.93 bits per heavy atom. The van der Waals surface area contributed by atoms with Crippen LogP contribution in [0.25, 0.3) is 11.8 Å². The summed E-state index contributed by atoms with van der Waals surface area (Å²) in [5.74, 6) is 1.41. The third-order valence-electron chi connectivity index (χ3n) is 4.37. The van der Waals surface area contributed by atoms with Crippen LogP contribution in [0.1, 0.15) is 11.1 Å². The number of ether oxygens (including phenoxy) is 2. The van der Waals surface area contributed by atoms with E-state index < -0.39 is 0 Å². The van der Waals surface area contributed by atoms with E-state index in [2.05, 4.69) is 10.4 Å². The molecule has 0 fully saturated rings. The van der Waals surface area contributed by atoms with E-state index in [0.29, 0.717) is 19.8 Å². The van der Waals surface area contributed by atoms with Gasteiger partial charge < -0.3 is 14.8 Å². The molecule has 1 N–H and O–H groups in total. The highest BCUT2D eigenvalue weighted by atomic mass is 16.6. The first-order valence-electron chi connectivity index (χ1n) is 9.22. The molecule has 1 amide bonds. The lowest BCUT2D eigenvalue weighted by molar-refractivity contribution is -0.116. The molecule has 2 heterocycles. The van der Waals surface area contributed by atoms with Crippen LogP contribution in [-0.2, 0) is 11.2 Å². The van der Waals surface area contributed by atoms with Gasteiger partial charge in [-0.3, -0.25) is 4.79 Å². The fourth-order valence-electron chi connectivity index (χ4n) is 2.95. The average Bonchev–Trinajstić information content (AvgIpc) is 3.22. The molecule has 3 aromatic rings. The van der Waals surface area contributed by atoms with Crippen molar-refractivity contribution in [3.05, 3.63) is 78.1 Å². The van der Waals surface area contributed by atoms with Gasteiger partial charge in [0.15, 0.2) is 11.5 Å². The molecule has 6 heteroatoms. The van der Waals surface area contributed by atoms with Crippen LogP contribution >= 0.6 is 0 Å². The lowest BCUT2D eigenvalue weighted by atomic mass is 10.1. The molecule has 1 aromatic heterocycles. The zero-order valence-electron chi connectivity index (χ0n) is 15.4. The zero-order valence-corrected chi connectivity index (χ0v) is 15.4. The van der Waals surface area contributed by atoms with Crippen molar-refractivity contribution < 1.29 is 14.3 Å². The Kier molecular flexibility index (Phi) is 5.38. The van der Waals surface area contributed by atoms with Gasteiger partial charge in [0.2, 0.25) is 5.91 Å². The monoisotopic (exact) mass is 375 g/mol. The van der Waals surface area contributed by atoms with Crippen LogP contribution < -0.4 is 14.8 Å². The second-order valence-electron chi connectivity index (χ2n) is 6.41. The Balaban J connectivity index is 1.27. The van der Waals surface area contributed by atoms with Gasteiger partial charge in [-0.25, -0.2) is 4.68 Å². The normalized spacial score (nSPS) is 12.9. The summed E-state index contributed by atoms with van der Waals surface area (Å²) in [5.41, 5.74) is 2.94. The van der Waals surface area contributed by atoms with Crippen molar-refractivity contribution in [2.24, 2.45) is 0 Å². The molecule has 0 aliphatic carbocycles. The minimum atomic E-state index is -0.134. The Morgan fingerprint density at radius 1 is 1.11 bits per heavy atom. The largest absolute Gasteiger partial charge is 0.486 e. The van der Waals surface area contributed by atoms with Gasteiger partial charge in [0, 0.05) is 24.4 Å². The number of aromatic nitrogens is 2. The van der Waals surface area contributed by atoms with Crippen molar-refractivity contribution in [3.8, 4) is 17.2 Å². The number of carbonyl (C=O) groups excluding carboxylic acids is 1. The first-order valence-corrected chi connectivity index (χ1v) is 9.22. The quantitative estimate of drug-likeness (QED) is 0.673. The molecule has 1 aliphatic rings. The van der Waals surface area contributed by atoms with E-state index in [9.17, 15) is 4.79 Å².